The van der Waals surface area contributed by atoms with Crippen molar-refractivity contribution in [3.63, 3.8) is 0 Å². The van der Waals surface area contributed by atoms with E-state index in [4.69, 9.17) is 9.47 Å². The molecule has 0 bridgehead atoms. The Labute approximate surface area is 136 Å². The van der Waals surface area contributed by atoms with Crippen molar-refractivity contribution in [2.24, 2.45) is 5.92 Å². The average molecular weight is 320 g/mol. The average Bonchev–Trinajstić information content (AvgIpc) is 2.59. The standard InChI is InChI=1S/C17H24N2O4/c1-12(20)19-8-4-5-14(11-19)17(21)18-10-13-6-7-15(22-2)16(9-13)23-3/h6-7,9,14H,4-5,8,10-11H2,1-3H3,(H,18,21)/t14-/m0/s1. The minimum Gasteiger partial charge on any atom is -0.493 e. The highest BCUT2D eigenvalue weighted by molar-refractivity contribution is 5.80. The molecule has 1 aliphatic heterocycles. The van der Waals surface area contributed by atoms with Gasteiger partial charge in [-0.05, 0) is 30.5 Å². The minimum atomic E-state index is -0.132. The van der Waals surface area contributed by atoms with Crippen LogP contribution < -0.4 is 14.8 Å². The van der Waals surface area contributed by atoms with Gasteiger partial charge in [0.2, 0.25) is 11.8 Å². The fourth-order valence-corrected chi connectivity index (χ4v) is 2.80. The topological polar surface area (TPSA) is 67.9 Å². The minimum absolute atomic E-state index is 0.00858. The molecule has 1 aromatic carbocycles. The maximum Gasteiger partial charge on any atom is 0.225 e. The van der Waals surface area contributed by atoms with E-state index in [-0.39, 0.29) is 17.7 Å². The number of nitrogens with zero attached hydrogens (tertiary/aromatic N) is 1. The zero-order chi connectivity index (χ0) is 16.8. The normalized spacial score (nSPS) is 17.5. The zero-order valence-corrected chi connectivity index (χ0v) is 13.9. The highest BCUT2D eigenvalue weighted by atomic mass is 16.5. The van der Waals surface area contributed by atoms with Crippen LogP contribution in [-0.4, -0.2) is 44.0 Å². The Kier molecular flexibility index (Phi) is 5.84. The number of hydrogen-bond donors (Lipinski definition) is 1. The number of piperidine rings is 1. The van der Waals surface area contributed by atoms with Gasteiger partial charge in [-0.2, -0.15) is 0 Å². The SMILES string of the molecule is COc1ccc(CNC(=O)[C@H]2CCCN(C(C)=O)C2)cc1OC. The summed E-state index contributed by atoms with van der Waals surface area (Å²) in [6.45, 7) is 3.22. The zero-order valence-electron chi connectivity index (χ0n) is 13.9. The molecule has 2 amide bonds. The van der Waals surface area contributed by atoms with E-state index in [2.05, 4.69) is 5.32 Å². The molecule has 1 aliphatic rings. The summed E-state index contributed by atoms with van der Waals surface area (Å²) < 4.78 is 10.5. The second-order valence-electron chi connectivity index (χ2n) is 5.71. The van der Waals surface area contributed by atoms with E-state index in [0.29, 0.717) is 24.6 Å². The Hall–Kier alpha value is -2.24. The maximum absolute atomic E-state index is 12.3. The second kappa shape index (κ2) is 7.85. The van der Waals surface area contributed by atoms with Gasteiger partial charge in [0.1, 0.15) is 0 Å². The molecule has 2 rings (SSSR count). The van der Waals surface area contributed by atoms with E-state index >= 15 is 0 Å². The highest BCUT2D eigenvalue weighted by Crippen LogP contribution is 2.27. The van der Waals surface area contributed by atoms with Crippen molar-refractivity contribution in [3.8, 4) is 11.5 Å². The van der Waals surface area contributed by atoms with Crippen molar-refractivity contribution in [1.29, 1.82) is 0 Å². The lowest BCUT2D eigenvalue weighted by Gasteiger charge is -2.31. The van der Waals surface area contributed by atoms with E-state index in [0.717, 1.165) is 24.9 Å². The van der Waals surface area contributed by atoms with E-state index in [9.17, 15) is 9.59 Å². The van der Waals surface area contributed by atoms with E-state index in [1.807, 2.05) is 18.2 Å². The first-order valence-electron chi connectivity index (χ1n) is 7.79. The van der Waals surface area contributed by atoms with E-state index in [1.165, 1.54) is 0 Å². The monoisotopic (exact) mass is 320 g/mol. The van der Waals surface area contributed by atoms with Crippen LogP contribution in [0.5, 0.6) is 11.5 Å². The summed E-state index contributed by atoms with van der Waals surface area (Å²) in [5.41, 5.74) is 0.940. The molecule has 1 N–H and O–H groups in total. The number of hydrogen-bond acceptors (Lipinski definition) is 4. The predicted octanol–water partition coefficient (Wildman–Crippen LogP) is 1.58. The van der Waals surface area contributed by atoms with Crippen LogP contribution in [0.4, 0.5) is 0 Å². The molecule has 0 saturated carbocycles. The summed E-state index contributed by atoms with van der Waals surface area (Å²) in [7, 11) is 3.17. The number of nitrogens with one attached hydrogen (secondary N) is 1. The number of amides is 2. The van der Waals surface area contributed by atoms with Gasteiger partial charge in [0.25, 0.3) is 0 Å². The van der Waals surface area contributed by atoms with Crippen molar-refractivity contribution in [1.82, 2.24) is 10.2 Å². The maximum atomic E-state index is 12.3. The fraction of sp³-hybridized carbons (Fsp3) is 0.529. The van der Waals surface area contributed by atoms with Gasteiger partial charge in [0.15, 0.2) is 11.5 Å². The van der Waals surface area contributed by atoms with Crippen molar-refractivity contribution < 1.29 is 19.1 Å². The first kappa shape index (κ1) is 17.1. The molecule has 0 aliphatic carbocycles. The van der Waals surface area contributed by atoms with Crippen molar-refractivity contribution in [2.75, 3.05) is 27.3 Å². The number of methoxy groups -OCH3 is 2. The highest BCUT2D eigenvalue weighted by Gasteiger charge is 2.26. The molecular formula is C17H24N2O4. The number of likely N-dealkylation sites (tertiary alicyclic amines) is 1. The van der Waals surface area contributed by atoms with Gasteiger partial charge in [-0.25, -0.2) is 0 Å². The Morgan fingerprint density at radius 3 is 2.65 bits per heavy atom. The van der Waals surface area contributed by atoms with Crippen LogP contribution in [0.1, 0.15) is 25.3 Å². The van der Waals surface area contributed by atoms with Crippen LogP contribution in [0.25, 0.3) is 0 Å². The molecule has 1 heterocycles. The van der Waals surface area contributed by atoms with Crippen LogP contribution in [0, 0.1) is 5.92 Å². The van der Waals surface area contributed by atoms with E-state index in [1.54, 1.807) is 26.0 Å². The molecule has 1 aromatic rings. The quantitative estimate of drug-likeness (QED) is 0.894. The van der Waals surface area contributed by atoms with Crippen LogP contribution in [0.3, 0.4) is 0 Å². The summed E-state index contributed by atoms with van der Waals surface area (Å²) in [5, 5.41) is 2.94. The van der Waals surface area contributed by atoms with Crippen LogP contribution in [0.15, 0.2) is 18.2 Å². The van der Waals surface area contributed by atoms with Gasteiger partial charge in [-0.1, -0.05) is 6.07 Å². The molecular weight excluding hydrogens is 296 g/mol. The molecule has 1 fully saturated rings. The molecule has 23 heavy (non-hydrogen) atoms. The number of carbonyl (C=O) groups is 2. The third-order valence-electron chi connectivity index (χ3n) is 4.15. The Morgan fingerprint density at radius 1 is 1.26 bits per heavy atom. The molecule has 1 saturated heterocycles. The molecule has 0 aromatic heterocycles. The number of ether oxygens (including phenoxy) is 2. The summed E-state index contributed by atoms with van der Waals surface area (Å²) in [6, 6.07) is 5.56. The van der Waals surface area contributed by atoms with Gasteiger partial charge < -0.3 is 19.7 Å². The molecule has 6 nitrogen and oxygen atoms in total. The molecule has 0 spiro atoms. The summed E-state index contributed by atoms with van der Waals surface area (Å²) in [6.07, 6.45) is 1.69. The third-order valence-corrected chi connectivity index (χ3v) is 4.15. The van der Waals surface area contributed by atoms with Crippen molar-refractivity contribution in [3.05, 3.63) is 23.8 Å². The summed E-state index contributed by atoms with van der Waals surface area (Å²) >= 11 is 0. The number of rotatable bonds is 5. The molecule has 1 atom stereocenters. The van der Waals surface area contributed by atoms with Crippen LogP contribution >= 0.6 is 0 Å². The van der Waals surface area contributed by atoms with Gasteiger partial charge in [-0.3, -0.25) is 9.59 Å². The van der Waals surface area contributed by atoms with Gasteiger partial charge in [0, 0.05) is 26.6 Å². The first-order chi connectivity index (χ1) is 11.0. The fourth-order valence-electron chi connectivity index (χ4n) is 2.80. The van der Waals surface area contributed by atoms with Crippen LogP contribution in [0.2, 0.25) is 0 Å². The summed E-state index contributed by atoms with van der Waals surface area (Å²) in [5.74, 6) is 1.19. The van der Waals surface area contributed by atoms with Crippen molar-refractivity contribution >= 4 is 11.8 Å². The smallest absolute Gasteiger partial charge is 0.225 e. The van der Waals surface area contributed by atoms with E-state index < -0.39 is 0 Å². The van der Waals surface area contributed by atoms with Crippen LogP contribution in [-0.2, 0) is 16.1 Å². The molecule has 0 radical (unpaired) electrons. The lowest BCUT2D eigenvalue weighted by Crippen LogP contribution is -2.44. The number of benzene rings is 1. The Morgan fingerprint density at radius 2 is 2.00 bits per heavy atom. The molecule has 126 valence electrons. The molecule has 0 unspecified atom stereocenters. The predicted molar refractivity (Wildman–Crippen MR) is 86.4 cm³/mol. The lowest BCUT2D eigenvalue weighted by atomic mass is 9.97. The van der Waals surface area contributed by atoms with Crippen molar-refractivity contribution in [2.45, 2.75) is 26.3 Å². The van der Waals surface area contributed by atoms with Gasteiger partial charge in [0.05, 0.1) is 20.1 Å². The third kappa shape index (κ3) is 4.37. The second-order valence-corrected chi connectivity index (χ2v) is 5.71. The van der Waals surface area contributed by atoms with Gasteiger partial charge in [-0.15, -0.1) is 0 Å². The Balaban J connectivity index is 1.92. The summed E-state index contributed by atoms with van der Waals surface area (Å²) in [4.78, 5) is 25.5. The molecule has 6 heteroatoms. The lowest BCUT2D eigenvalue weighted by molar-refractivity contribution is -0.134. The van der Waals surface area contributed by atoms with Gasteiger partial charge >= 0.3 is 0 Å². The number of carbonyl (C=O) groups excluding carboxylic acids is 2. The largest absolute Gasteiger partial charge is 0.493 e. The first-order valence-corrected chi connectivity index (χ1v) is 7.79. The Bertz CT molecular complexity index is 574.